The molecule has 1 aromatic carbocycles. The van der Waals surface area contributed by atoms with Gasteiger partial charge in [0.25, 0.3) is 0 Å². The van der Waals surface area contributed by atoms with Crippen molar-refractivity contribution in [2.45, 2.75) is 24.2 Å². The minimum absolute atomic E-state index is 0.363. The van der Waals surface area contributed by atoms with Gasteiger partial charge in [-0.25, -0.2) is 0 Å². The number of allylic oxidation sites excluding steroid dienone is 2. The van der Waals surface area contributed by atoms with Crippen molar-refractivity contribution < 1.29 is 4.79 Å². The highest BCUT2D eigenvalue weighted by Crippen LogP contribution is 2.45. The molecule has 1 saturated heterocycles. The molecule has 0 N–H and O–H groups in total. The molecular weight excluding hydrogens is 254 g/mol. The van der Waals surface area contributed by atoms with Crippen molar-refractivity contribution in [3.05, 3.63) is 35.5 Å². The summed E-state index contributed by atoms with van der Waals surface area (Å²) in [5.74, 6) is 1.98. The Morgan fingerprint density at radius 2 is 2.11 bits per heavy atom. The van der Waals surface area contributed by atoms with Gasteiger partial charge >= 0.3 is 0 Å². The number of piperidine rings is 1. The van der Waals surface area contributed by atoms with Gasteiger partial charge in [-0.15, -0.1) is 11.8 Å². The van der Waals surface area contributed by atoms with Crippen LogP contribution in [0, 0.1) is 5.92 Å². The Morgan fingerprint density at radius 1 is 1.21 bits per heavy atom. The quantitative estimate of drug-likeness (QED) is 0.723. The van der Waals surface area contributed by atoms with E-state index in [4.69, 9.17) is 0 Å². The number of Topliss-reactive ketones (excluding diaryl/α,β-unsaturated/α-hetero) is 1. The number of carbonyl (C=O) groups excluding carboxylic acids is 1. The lowest BCUT2D eigenvalue weighted by Gasteiger charge is -2.36. The number of fused-ring (bicyclic) bond motifs is 2. The highest BCUT2D eigenvalue weighted by atomic mass is 32.2. The van der Waals surface area contributed by atoms with E-state index in [0.717, 1.165) is 30.8 Å². The van der Waals surface area contributed by atoms with Crippen LogP contribution in [0.5, 0.6) is 0 Å². The smallest absolute Gasteiger partial charge is 0.165 e. The van der Waals surface area contributed by atoms with Crippen molar-refractivity contribution in [2.75, 3.05) is 18.8 Å². The largest absolute Gasteiger partial charge is 0.373 e. The molecule has 1 unspecified atom stereocenters. The number of hydrogen-bond acceptors (Lipinski definition) is 3. The molecule has 3 aliphatic rings. The van der Waals surface area contributed by atoms with Crippen molar-refractivity contribution in [3.8, 4) is 0 Å². The Kier molecular flexibility index (Phi) is 2.69. The molecule has 98 valence electrons. The summed E-state index contributed by atoms with van der Waals surface area (Å²) in [5, 5.41) is 0. The fourth-order valence-corrected chi connectivity index (χ4v) is 4.69. The van der Waals surface area contributed by atoms with Gasteiger partial charge in [0.15, 0.2) is 5.78 Å². The minimum Gasteiger partial charge on any atom is -0.373 e. The van der Waals surface area contributed by atoms with Crippen LogP contribution in [-0.2, 0) is 4.79 Å². The Balaban J connectivity index is 1.95. The van der Waals surface area contributed by atoms with Gasteiger partial charge < -0.3 is 4.90 Å². The lowest BCUT2D eigenvalue weighted by molar-refractivity contribution is -0.113. The summed E-state index contributed by atoms with van der Waals surface area (Å²) in [5.41, 5.74) is 3.58. The van der Waals surface area contributed by atoms with E-state index in [9.17, 15) is 4.79 Å². The first-order chi connectivity index (χ1) is 9.34. The normalized spacial score (nSPS) is 25.8. The Hall–Kier alpha value is -1.22. The summed E-state index contributed by atoms with van der Waals surface area (Å²) >= 11 is 1.89. The molecule has 1 aliphatic carbocycles. The second kappa shape index (κ2) is 4.41. The molecule has 4 rings (SSSR count). The van der Waals surface area contributed by atoms with Gasteiger partial charge in [0.1, 0.15) is 0 Å². The van der Waals surface area contributed by atoms with E-state index in [2.05, 4.69) is 29.2 Å². The van der Waals surface area contributed by atoms with Crippen LogP contribution in [0.1, 0.15) is 24.8 Å². The zero-order valence-corrected chi connectivity index (χ0v) is 11.7. The van der Waals surface area contributed by atoms with Gasteiger partial charge in [-0.05, 0) is 18.9 Å². The molecule has 0 spiro atoms. The maximum atomic E-state index is 12.5. The van der Waals surface area contributed by atoms with Crippen LogP contribution in [-0.4, -0.2) is 29.5 Å². The van der Waals surface area contributed by atoms with Crippen molar-refractivity contribution in [1.82, 2.24) is 4.90 Å². The predicted molar refractivity (Wildman–Crippen MR) is 78.0 cm³/mol. The van der Waals surface area contributed by atoms with Gasteiger partial charge in [0, 0.05) is 52.9 Å². The minimum atomic E-state index is 0.363. The van der Waals surface area contributed by atoms with E-state index in [1.54, 1.807) is 0 Å². The third kappa shape index (κ3) is 1.75. The van der Waals surface area contributed by atoms with Crippen LogP contribution < -0.4 is 0 Å². The first-order valence-corrected chi connectivity index (χ1v) is 8.07. The Labute approximate surface area is 117 Å². The van der Waals surface area contributed by atoms with Gasteiger partial charge in [0.05, 0.1) is 0 Å². The van der Waals surface area contributed by atoms with Crippen LogP contribution >= 0.6 is 11.8 Å². The molecule has 0 radical (unpaired) electrons. The zero-order chi connectivity index (χ0) is 12.8. The van der Waals surface area contributed by atoms with Crippen LogP contribution in [0.15, 0.2) is 34.9 Å². The second-order valence-corrected chi connectivity index (χ2v) is 6.70. The summed E-state index contributed by atoms with van der Waals surface area (Å²) in [4.78, 5) is 16.3. The summed E-state index contributed by atoms with van der Waals surface area (Å²) < 4.78 is 0. The van der Waals surface area contributed by atoms with Crippen LogP contribution in [0.25, 0.3) is 5.57 Å². The van der Waals surface area contributed by atoms with E-state index >= 15 is 0 Å². The van der Waals surface area contributed by atoms with Crippen LogP contribution in [0.4, 0.5) is 0 Å². The maximum absolute atomic E-state index is 12.5. The first kappa shape index (κ1) is 11.6. The molecule has 0 saturated carbocycles. The number of rotatable bonds is 0. The summed E-state index contributed by atoms with van der Waals surface area (Å²) in [7, 11) is 0. The topological polar surface area (TPSA) is 20.3 Å². The van der Waals surface area contributed by atoms with Crippen LogP contribution in [0.2, 0.25) is 0 Å². The van der Waals surface area contributed by atoms with Crippen molar-refractivity contribution in [3.63, 3.8) is 0 Å². The number of thioether (sulfide) groups is 1. The number of hydrogen-bond donors (Lipinski definition) is 0. The number of benzene rings is 1. The number of carbonyl (C=O) groups is 1. The Bertz CT molecular complexity index is 578. The molecule has 2 aliphatic heterocycles. The van der Waals surface area contributed by atoms with Crippen molar-refractivity contribution in [2.24, 2.45) is 5.92 Å². The molecule has 1 aromatic rings. The average molecular weight is 271 g/mol. The fraction of sp³-hybridized carbons (Fsp3) is 0.438. The standard InChI is InChI=1S/C16H17NOS/c18-13-10-11-4-3-7-17-8-9-19-14-6-2-1-5-12(14)15(13)16(11)17/h1-2,5-6,11H,3-4,7-10H2. The molecule has 0 aromatic heterocycles. The average Bonchev–Trinajstić information content (AvgIpc) is 2.73. The maximum Gasteiger partial charge on any atom is 0.165 e. The molecule has 2 nitrogen and oxygen atoms in total. The molecule has 1 fully saturated rings. The third-order valence-electron chi connectivity index (χ3n) is 4.45. The molecule has 2 heterocycles. The monoisotopic (exact) mass is 271 g/mol. The van der Waals surface area contributed by atoms with Gasteiger partial charge in [-0.2, -0.15) is 0 Å². The van der Waals surface area contributed by atoms with Gasteiger partial charge in [0.2, 0.25) is 0 Å². The second-order valence-electron chi connectivity index (χ2n) is 5.56. The number of ketones is 1. The van der Waals surface area contributed by atoms with Crippen molar-refractivity contribution in [1.29, 1.82) is 0 Å². The summed E-state index contributed by atoms with van der Waals surface area (Å²) in [6.45, 7) is 2.22. The predicted octanol–water partition coefficient (Wildman–Crippen LogP) is 3.19. The Morgan fingerprint density at radius 3 is 3.05 bits per heavy atom. The SMILES string of the molecule is O=C1CC2CCCN3CCSc4ccccc4C1=C23. The van der Waals surface area contributed by atoms with E-state index < -0.39 is 0 Å². The number of nitrogens with zero attached hydrogens (tertiary/aromatic N) is 1. The lowest BCUT2D eigenvalue weighted by Crippen LogP contribution is -2.34. The first-order valence-electron chi connectivity index (χ1n) is 7.09. The summed E-state index contributed by atoms with van der Waals surface area (Å²) in [6.07, 6.45) is 3.16. The van der Waals surface area contributed by atoms with Gasteiger partial charge in [-0.3, -0.25) is 4.79 Å². The van der Waals surface area contributed by atoms with E-state index in [0.29, 0.717) is 11.7 Å². The third-order valence-corrected chi connectivity index (χ3v) is 5.50. The molecule has 3 heteroatoms. The van der Waals surface area contributed by atoms with E-state index in [1.165, 1.54) is 29.0 Å². The summed E-state index contributed by atoms with van der Waals surface area (Å²) in [6, 6.07) is 8.42. The highest BCUT2D eigenvalue weighted by Gasteiger charge is 2.39. The van der Waals surface area contributed by atoms with E-state index in [1.807, 2.05) is 11.8 Å². The van der Waals surface area contributed by atoms with Crippen molar-refractivity contribution >= 4 is 23.1 Å². The molecule has 0 bridgehead atoms. The molecule has 0 amide bonds. The molecule has 1 atom stereocenters. The van der Waals surface area contributed by atoms with Crippen LogP contribution in [0.3, 0.4) is 0 Å². The van der Waals surface area contributed by atoms with Gasteiger partial charge in [-0.1, -0.05) is 18.2 Å². The molecule has 19 heavy (non-hydrogen) atoms. The fourth-order valence-electron chi connectivity index (χ4n) is 3.66. The molecular formula is C16H17NOS. The lowest BCUT2D eigenvalue weighted by atomic mass is 9.94. The zero-order valence-electron chi connectivity index (χ0n) is 10.9. The highest BCUT2D eigenvalue weighted by molar-refractivity contribution is 7.99. The van der Waals surface area contributed by atoms with E-state index in [-0.39, 0.29) is 0 Å².